The average Bonchev–Trinajstić information content (AvgIpc) is 2.85. The van der Waals surface area contributed by atoms with Crippen LogP contribution in [0.15, 0.2) is 18.2 Å². The molecule has 110 valence electrons. The van der Waals surface area contributed by atoms with Crippen LogP contribution in [0.1, 0.15) is 17.5 Å². The highest BCUT2D eigenvalue weighted by Crippen LogP contribution is 2.34. The smallest absolute Gasteiger partial charge is 0.396 e. The topological polar surface area (TPSA) is 49.5 Å². The van der Waals surface area contributed by atoms with Crippen molar-refractivity contribution in [2.45, 2.75) is 12.6 Å². The molecule has 1 aliphatic rings. The molecule has 0 aliphatic carbocycles. The normalized spacial score (nSPS) is 19.4. The van der Waals surface area contributed by atoms with E-state index in [9.17, 15) is 13.2 Å². The molecule has 0 saturated carbocycles. The van der Waals surface area contributed by atoms with E-state index in [1.165, 1.54) is 6.07 Å². The standard InChI is InChI=1S/C13H15F3N2OS/c14-13(15,16)9-1-2-11(10(5-9)12(17)20)18-4-3-8(6-18)7-19/h1-2,5,8,19H,3-4,6-7H2,(H2,17,20). The van der Waals surface area contributed by atoms with Crippen LogP contribution < -0.4 is 10.6 Å². The number of thiocarbonyl (C=S) groups is 1. The van der Waals surface area contributed by atoms with Crippen LogP contribution in [0.25, 0.3) is 0 Å². The quantitative estimate of drug-likeness (QED) is 0.840. The minimum absolute atomic E-state index is 0.0569. The Morgan fingerprint density at radius 1 is 1.45 bits per heavy atom. The summed E-state index contributed by atoms with van der Waals surface area (Å²) in [6, 6.07) is 3.42. The number of nitrogens with zero attached hydrogens (tertiary/aromatic N) is 1. The highest BCUT2D eigenvalue weighted by atomic mass is 32.1. The first kappa shape index (κ1) is 15.1. The number of rotatable bonds is 3. The number of hydrogen-bond donors (Lipinski definition) is 2. The zero-order valence-electron chi connectivity index (χ0n) is 10.7. The zero-order chi connectivity index (χ0) is 14.9. The van der Waals surface area contributed by atoms with E-state index in [0.717, 1.165) is 18.6 Å². The summed E-state index contributed by atoms with van der Waals surface area (Å²) in [5, 5.41) is 9.13. The lowest BCUT2D eigenvalue weighted by Crippen LogP contribution is -2.25. The first-order valence-electron chi connectivity index (χ1n) is 6.19. The monoisotopic (exact) mass is 304 g/mol. The fourth-order valence-corrected chi connectivity index (χ4v) is 2.55. The second-order valence-electron chi connectivity index (χ2n) is 4.88. The minimum Gasteiger partial charge on any atom is -0.396 e. The van der Waals surface area contributed by atoms with Crippen LogP contribution >= 0.6 is 12.2 Å². The second kappa shape index (κ2) is 5.57. The van der Waals surface area contributed by atoms with Crippen molar-refractivity contribution in [2.75, 3.05) is 24.6 Å². The van der Waals surface area contributed by atoms with Gasteiger partial charge in [0.1, 0.15) is 4.99 Å². The van der Waals surface area contributed by atoms with Crippen molar-refractivity contribution >= 4 is 22.9 Å². The number of nitrogens with two attached hydrogens (primary N) is 1. The molecule has 1 aromatic carbocycles. The molecule has 0 amide bonds. The summed E-state index contributed by atoms with van der Waals surface area (Å²) in [6.07, 6.45) is -3.62. The summed E-state index contributed by atoms with van der Waals surface area (Å²) in [5.41, 5.74) is 5.62. The first-order chi connectivity index (χ1) is 9.32. The molecule has 0 bridgehead atoms. The molecule has 3 N–H and O–H groups in total. The van der Waals surface area contributed by atoms with Crippen LogP contribution in [0.3, 0.4) is 0 Å². The zero-order valence-corrected chi connectivity index (χ0v) is 11.5. The number of anilines is 1. The number of alkyl halides is 3. The third kappa shape index (κ3) is 3.04. The molecule has 20 heavy (non-hydrogen) atoms. The lowest BCUT2D eigenvalue weighted by atomic mass is 10.1. The van der Waals surface area contributed by atoms with Crippen LogP contribution in [-0.2, 0) is 6.18 Å². The Morgan fingerprint density at radius 2 is 2.15 bits per heavy atom. The van der Waals surface area contributed by atoms with Gasteiger partial charge in [-0.25, -0.2) is 0 Å². The van der Waals surface area contributed by atoms with Gasteiger partial charge in [0.25, 0.3) is 0 Å². The maximum atomic E-state index is 12.7. The molecular weight excluding hydrogens is 289 g/mol. The Labute approximate surface area is 120 Å². The molecule has 1 atom stereocenters. The van der Waals surface area contributed by atoms with Crippen LogP contribution in [0.4, 0.5) is 18.9 Å². The molecular formula is C13H15F3N2OS. The molecule has 7 heteroatoms. The summed E-state index contributed by atoms with van der Waals surface area (Å²) in [7, 11) is 0. The van der Waals surface area contributed by atoms with Gasteiger partial charge < -0.3 is 15.7 Å². The third-order valence-electron chi connectivity index (χ3n) is 3.47. The molecule has 3 nitrogen and oxygen atoms in total. The van der Waals surface area contributed by atoms with Crippen molar-refractivity contribution in [3.8, 4) is 0 Å². The molecule has 0 aromatic heterocycles. The van der Waals surface area contributed by atoms with Gasteiger partial charge in [-0.2, -0.15) is 13.2 Å². The van der Waals surface area contributed by atoms with E-state index in [1.807, 2.05) is 4.90 Å². The van der Waals surface area contributed by atoms with E-state index >= 15 is 0 Å². The van der Waals surface area contributed by atoms with Crippen molar-refractivity contribution in [1.82, 2.24) is 0 Å². The molecule has 1 saturated heterocycles. The number of benzene rings is 1. The Bertz CT molecular complexity index is 519. The highest BCUT2D eigenvalue weighted by molar-refractivity contribution is 7.80. The van der Waals surface area contributed by atoms with E-state index in [0.29, 0.717) is 18.8 Å². The van der Waals surface area contributed by atoms with Crippen molar-refractivity contribution in [3.05, 3.63) is 29.3 Å². The van der Waals surface area contributed by atoms with Crippen LogP contribution in [0, 0.1) is 5.92 Å². The fraction of sp³-hybridized carbons (Fsp3) is 0.462. The van der Waals surface area contributed by atoms with Crippen LogP contribution in [-0.4, -0.2) is 29.8 Å². The summed E-state index contributed by atoms with van der Waals surface area (Å²) in [4.78, 5) is 1.86. The molecule has 1 heterocycles. The summed E-state index contributed by atoms with van der Waals surface area (Å²) in [5.74, 6) is 0.136. The number of aliphatic hydroxyl groups excluding tert-OH is 1. The minimum atomic E-state index is -4.42. The molecule has 2 rings (SSSR count). The van der Waals surface area contributed by atoms with Gasteiger partial charge in [0.15, 0.2) is 0 Å². The Morgan fingerprint density at radius 3 is 2.65 bits per heavy atom. The van der Waals surface area contributed by atoms with E-state index in [2.05, 4.69) is 0 Å². The van der Waals surface area contributed by atoms with Crippen LogP contribution in [0.5, 0.6) is 0 Å². The number of hydrogen-bond acceptors (Lipinski definition) is 3. The molecule has 0 spiro atoms. The van der Waals surface area contributed by atoms with E-state index in [1.54, 1.807) is 0 Å². The van der Waals surface area contributed by atoms with E-state index in [4.69, 9.17) is 23.1 Å². The van der Waals surface area contributed by atoms with E-state index < -0.39 is 11.7 Å². The van der Waals surface area contributed by atoms with Gasteiger partial charge >= 0.3 is 6.18 Å². The van der Waals surface area contributed by atoms with Crippen molar-refractivity contribution in [1.29, 1.82) is 0 Å². The third-order valence-corrected chi connectivity index (χ3v) is 3.69. The van der Waals surface area contributed by atoms with Crippen molar-refractivity contribution in [3.63, 3.8) is 0 Å². The Hall–Kier alpha value is -1.34. The summed E-state index contributed by atoms with van der Waals surface area (Å²) in [6.45, 7) is 1.34. The van der Waals surface area contributed by atoms with Crippen LogP contribution in [0.2, 0.25) is 0 Å². The second-order valence-corrected chi connectivity index (χ2v) is 5.32. The summed E-state index contributed by atoms with van der Waals surface area (Å²) < 4.78 is 38.2. The predicted molar refractivity (Wildman–Crippen MR) is 74.7 cm³/mol. The van der Waals surface area contributed by atoms with Gasteiger partial charge in [0, 0.05) is 36.9 Å². The highest BCUT2D eigenvalue weighted by Gasteiger charge is 2.32. The molecule has 1 aromatic rings. The molecule has 1 unspecified atom stereocenters. The van der Waals surface area contributed by atoms with Gasteiger partial charge in [-0.1, -0.05) is 12.2 Å². The number of aliphatic hydroxyl groups is 1. The SMILES string of the molecule is NC(=S)c1cc(C(F)(F)F)ccc1N1CCC(CO)C1. The van der Waals surface area contributed by atoms with Gasteiger partial charge in [-0.05, 0) is 24.6 Å². The van der Waals surface area contributed by atoms with Crippen molar-refractivity contribution < 1.29 is 18.3 Å². The largest absolute Gasteiger partial charge is 0.416 e. The maximum Gasteiger partial charge on any atom is 0.416 e. The lowest BCUT2D eigenvalue weighted by Gasteiger charge is -2.22. The Balaban J connectivity index is 2.36. The number of halogens is 3. The van der Waals surface area contributed by atoms with Gasteiger partial charge in [-0.3, -0.25) is 0 Å². The first-order valence-corrected chi connectivity index (χ1v) is 6.60. The molecule has 0 radical (unpaired) electrons. The van der Waals surface area contributed by atoms with Gasteiger partial charge in [0.2, 0.25) is 0 Å². The van der Waals surface area contributed by atoms with Gasteiger partial charge in [0.05, 0.1) is 5.56 Å². The average molecular weight is 304 g/mol. The summed E-state index contributed by atoms with van der Waals surface area (Å²) >= 11 is 4.86. The predicted octanol–water partition coefficient (Wildman–Crippen LogP) is 2.16. The molecule has 1 fully saturated rings. The maximum absolute atomic E-state index is 12.7. The molecule has 1 aliphatic heterocycles. The Kier molecular flexibility index (Phi) is 4.19. The van der Waals surface area contributed by atoms with Crippen molar-refractivity contribution in [2.24, 2.45) is 11.7 Å². The lowest BCUT2D eigenvalue weighted by molar-refractivity contribution is -0.137. The van der Waals surface area contributed by atoms with E-state index in [-0.39, 0.29) is 23.1 Å². The van der Waals surface area contributed by atoms with Gasteiger partial charge in [-0.15, -0.1) is 0 Å². The fourth-order valence-electron chi connectivity index (χ4n) is 2.39.